The molecule has 1 amide bonds. The van der Waals surface area contributed by atoms with E-state index in [9.17, 15) is 4.79 Å². The molecular weight excluding hydrogens is 286 g/mol. The van der Waals surface area contributed by atoms with Crippen LogP contribution in [0, 0.1) is 0 Å². The van der Waals surface area contributed by atoms with Gasteiger partial charge in [0.2, 0.25) is 0 Å². The Morgan fingerprint density at radius 1 is 1.48 bits per heavy atom. The maximum absolute atomic E-state index is 11.9. The summed E-state index contributed by atoms with van der Waals surface area (Å²) in [6.45, 7) is 3.12. The number of amides is 1. The Labute approximate surface area is 130 Å². The van der Waals surface area contributed by atoms with Crippen molar-refractivity contribution in [3.8, 4) is 0 Å². The van der Waals surface area contributed by atoms with Crippen LogP contribution >= 0.6 is 12.2 Å². The van der Waals surface area contributed by atoms with Crippen LogP contribution in [0.1, 0.15) is 25.3 Å². The summed E-state index contributed by atoms with van der Waals surface area (Å²) in [5.74, 6) is 0. The number of carbonyl (C=O) groups is 1. The molecule has 2 rings (SSSR count). The third-order valence-electron chi connectivity index (χ3n) is 3.45. The molecule has 0 saturated carbocycles. The molecule has 3 N–H and O–H groups in total. The summed E-state index contributed by atoms with van der Waals surface area (Å²) in [6.07, 6.45) is 2.86. The number of rotatable bonds is 6. The van der Waals surface area contributed by atoms with E-state index in [1.54, 1.807) is 4.90 Å². The number of hydrogen-bond donors (Lipinski definition) is 2. The molecule has 1 aromatic carbocycles. The fraction of sp³-hybridized carbons (Fsp3) is 0.467. The zero-order valence-electron chi connectivity index (χ0n) is 12.2. The number of cyclic esters (lactones) is 1. The Morgan fingerprint density at radius 3 is 2.81 bits per heavy atom. The molecule has 0 spiro atoms. The first kappa shape index (κ1) is 15.6. The average Bonchev–Trinajstić information content (AvgIpc) is 2.84. The van der Waals surface area contributed by atoms with E-state index >= 15 is 0 Å². The predicted molar refractivity (Wildman–Crippen MR) is 87.5 cm³/mol. The molecule has 1 atom stereocenters. The number of hydrogen-bond acceptors (Lipinski definition) is 3. The highest BCUT2D eigenvalue weighted by Crippen LogP contribution is 2.22. The lowest BCUT2D eigenvalue weighted by atomic mass is 10.1. The minimum Gasteiger partial charge on any atom is -0.442 e. The number of thiocarbonyl (C=S) groups is 1. The van der Waals surface area contributed by atoms with Crippen molar-refractivity contribution in [2.45, 2.75) is 32.3 Å². The fourth-order valence-corrected chi connectivity index (χ4v) is 2.36. The van der Waals surface area contributed by atoms with Gasteiger partial charge in [-0.15, -0.1) is 0 Å². The first-order chi connectivity index (χ1) is 10.1. The second kappa shape index (κ2) is 7.26. The highest BCUT2D eigenvalue weighted by molar-refractivity contribution is 7.80. The molecule has 1 aromatic rings. The van der Waals surface area contributed by atoms with Gasteiger partial charge in [0.25, 0.3) is 0 Å². The van der Waals surface area contributed by atoms with Crippen LogP contribution in [-0.4, -0.2) is 30.4 Å². The Morgan fingerprint density at radius 2 is 2.19 bits per heavy atom. The first-order valence-electron chi connectivity index (χ1n) is 7.20. The van der Waals surface area contributed by atoms with E-state index in [2.05, 4.69) is 24.4 Å². The Hall–Kier alpha value is -1.82. The van der Waals surface area contributed by atoms with Crippen LogP contribution in [0.2, 0.25) is 0 Å². The number of nitrogens with one attached hydrogen (secondary N) is 1. The summed E-state index contributed by atoms with van der Waals surface area (Å²) >= 11 is 4.74. The molecule has 0 aliphatic carbocycles. The molecule has 1 heterocycles. The molecule has 0 aromatic heterocycles. The lowest BCUT2D eigenvalue weighted by molar-refractivity contribution is 0.143. The van der Waals surface area contributed by atoms with Crippen LogP contribution in [-0.2, 0) is 11.2 Å². The predicted octanol–water partition coefficient (Wildman–Crippen LogP) is 2.19. The molecular formula is C15H21N3O2S. The highest BCUT2D eigenvalue weighted by atomic mass is 32.1. The van der Waals surface area contributed by atoms with Gasteiger partial charge in [-0.2, -0.15) is 0 Å². The van der Waals surface area contributed by atoms with E-state index in [1.165, 1.54) is 18.4 Å². The molecule has 5 nitrogen and oxygen atoms in total. The van der Waals surface area contributed by atoms with Gasteiger partial charge in [0, 0.05) is 5.69 Å². The maximum atomic E-state index is 11.9. The molecule has 1 aliphatic heterocycles. The molecule has 0 radical (unpaired) electrons. The second-order valence-corrected chi connectivity index (χ2v) is 5.57. The van der Waals surface area contributed by atoms with Gasteiger partial charge in [0.05, 0.1) is 13.1 Å². The van der Waals surface area contributed by atoms with E-state index in [4.69, 9.17) is 22.7 Å². The summed E-state index contributed by atoms with van der Waals surface area (Å²) in [5.41, 5.74) is 7.52. The number of unbranched alkanes of at least 4 members (excludes halogenated alkanes) is 1. The number of anilines is 1. The van der Waals surface area contributed by atoms with Gasteiger partial charge in [-0.25, -0.2) is 4.79 Å². The van der Waals surface area contributed by atoms with E-state index in [0.717, 1.165) is 12.1 Å². The van der Waals surface area contributed by atoms with Crippen LogP contribution in [0.15, 0.2) is 24.3 Å². The van der Waals surface area contributed by atoms with Crippen LogP contribution in [0.25, 0.3) is 0 Å². The van der Waals surface area contributed by atoms with Crippen LogP contribution in [0.5, 0.6) is 0 Å². The highest BCUT2D eigenvalue weighted by Gasteiger charge is 2.32. The molecule has 0 bridgehead atoms. The van der Waals surface area contributed by atoms with E-state index in [-0.39, 0.29) is 17.3 Å². The van der Waals surface area contributed by atoms with Crippen molar-refractivity contribution in [2.24, 2.45) is 5.73 Å². The van der Waals surface area contributed by atoms with Gasteiger partial charge in [0.15, 0.2) is 5.11 Å². The molecule has 21 heavy (non-hydrogen) atoms. The number of nitrogens with zero attached hydrogens (tertiary/aromatic N) is 1. The van der Waals surface area contributed by atoms with Gasteiger partial charge in [-0.3, -0.25) is 4.90 Å². The van der Waals surface area contributed by atoms with Crippen molar-refractivity contribution >= 4 is 29.1 Å². The van der Waals surface area contributed by atoms with Gasteiger partial charge >= 0.3 is 6.09 Å². The summed E-state index contributed by atoms with van der Waals surface area (Å²) in [7, 11) is 0. The van der Waals surface area contributed by atoms with Crippen molar-refractivity contribution in [3.63, 3.8) is 0 Å². The Bertz CT molecular complexity index is 504. The van der Waals surface area contributed by atoms with Crippen molar-refractivity contribution in [1.29, 1.82) is 0 Å². The van der Waals surface area contributed by atoms with Crippen LogP contribution in [0.4, 0.5) is 10.5 Å². The molecule has 1 saturated heterocycles. The monoisotopic (exact) mass is 307 g/mol. The van der Waals surface area contributed by atoms with E-state index < -0.39 is 0 Å². The smallest absolute Gasteiger partial charge is 0.414 e. The number of aryl methyl sites for hydroxylation is 1. The molecule has 1 fully saturated rings. The second-order valence-electron chi connectivity index (χ2n) is 5.13. The topological polar surface area (TPSA) is 67.6 Å². The maximum Gasteiger partial charge on any atom is 0.414 e. The zero-order chi connectivity index (χ0) is 15.2. The third kappa shape index (κ3) is 4.32. The largest absolute Gasteiger partial charge is 0.442 e. The summed E-state index contributed by atoms with van der Waals surface area (Å²) in [4.78, 5) is 13.5. The summed E-state index contributed by atoms with van der Waals surface area (Å²) in [5, 5.41) is 3.03. The number of ether oxygens (including phenoxy) is 1. The zero-order valence-corrected chi connectivity index (χ0v) is 13.0. The number of nitrogens with two attached hydrogens (primary N) is 1. The van der Waals surface area contributed by atoms with E-state index in [1.807, 2.05) is 12.1 Å². The standard InChI is InChI=1S/C15H21N3O2S/c1-2-3-4-11-5-7-12(8-6-11)18-10-13(20-15(18)19)9-17-14(16)21/h5-8,13H,2-4,9-10H2,1H3,(H3,16,17,21)/t13-/m0/s1. The SMILES string of the molecule is CCCCc1ccc(N2C[C@H](CNC(N)=S)OC2=O)cc1. The minimum atomic E-state index is -0.328. The van der Waals surface area contributed by atoms with Crippen molar-refractivity contribution in [1.82, 2.24) is 5.32 Å². The number of benzene rings is 1. The van der Waals surface area contributed by atoms with Crippen molar-refractivity contribution in [2.75, 3.05) is 18.0 Å². The van der Waals surface area contributed by atoms with E-state index in [0.29, 0.717) is 13.1 Å². The lowest BCUT2D eigenvalue weighted by Crippen LogP contribution is -2.37. The molecule has 0 unspecified atom stereocenters. The van der Waals surface area contributed by atoms with Gasteiger partial charge in [0.1, 0.15) is 6.10 Å². The normalized spacial score (nSPS) is 17.7. The van der Waals surface area contributed by atoms with Gasteiger partial charge in [-0.1, -0.05) is 25.5 Å². The summed E-state index contributed by atoms with van der Waals surface area (Å²) in [6, 6.07) is 8.07. The Kier molecular flexibility index (Phi) is 5.38. The summed E-state index contributed by atoms with van der Waals surface area (Å²) < 4.78 is 5.28. The van der Waals surface area contributed by atoms with Crippen molar-refractivity contribution < 1.29 is 9.53 Å². The number of carbonyl (C=O) groups excluding carboxylic acids is 1. The molecule has 1 aliphatic rings. The van der Waals surface area contributed by atoms with Crippen LogP contribution < -0.4 is 16.0 Å². The average molecular weight is 307 g/mol. The fourth-order valence-electron chi connectivity index (χ4n) is 2.28. The van der Waals surface area contributed by atoms with Crippen LogP contribution in [0.3, 0.4) is 0 Å². The van der Waals surface area contributed by atoms with Crippen molar-refractivity contribution in [3.05, 3.63) is 29.8 Å². The van der Waals surface area contributed by atoms with Gasteiger partial charge < -0.3 is 15.8 Å². The first-order valence-corrected chi connectivity index (χ1v) is 7.61. The third-order valence-corrected chi connectivity index (χ3v) is 3.59. The molecule has 6 heteroatoms. The van der Waals surface area contributed by atoms with Gasteiger partial charge in [-0.05, 0) is 42.8 Å². The molecule has 114 valence electrons. The lowest BCUT2D eigenvalue weighted by Gasteiger charge is -2.13. The Balaban J connectivity index is 1.95. The minimum absolute atomic E-state index is 0.213. The quantitative estimate of drug-likeness (QED) is 0.789.